The lowest BCUT2D eigenvalue weighted by Gasteiger charge is -2.21. The standard InChI is InChI=1S/C14H24N4O/c1-15-7-3-13-17-9-4-14(18-13)16-8-2-12-5-10-19-11-6-12/h4,9,12,15H,2-3,5-8,10-11H2,1H3,(H,16,17,18). The molecular weight excluding hydrogens is 240 g/mol. The molecule has 2 rings (SSSR count). The van der Waals surface area contributed by atoms with Crippen molar-refractivity contribution in [3.8, 4) is 0 Å². The Labute approximate surface area is 115 Å². The van der Waals surface area contributed by atoms with Crippen molar-refractivity contribution in [1.29, 1.82) is 0 Å². The Balaban J connectivity index is 1.72. The topological polar surface area (TPSA) is 59.1 Å². The van der Waals surface area contributed by atoms with Crippen LogP contribution in [-0.2, 0) is 11.2 Å². The number of rotatable bonds is 7. The van der Waals surface area contributed by atoms with Crippen LogP contribution in [0.5, 0.6) is 0 Å². The van der Waals surface area contributed by atoms with Crippen LogP contribution < -0.4 is 10.6 Å². The molecule has 106 valence electrons. The van der Waals surface area contributed by atoms with Crippen LogP contribution in [-0.4, -0.2) is 43.3 Å². The van der Waals surface area contributed by atoms with Gasteiger partial charge in [-0.3, -0.25) is 0 Å². The van der Waals surface area contributed by atoms with E-state index in [9.17, 15) is 0 Å². The molecule has 1 aromatic heterocycles. The summed E-state index contributed by atoms with van der Waals surface area (Å²) in [6.07, 6.45) is 6.28. The van der Waals surface area contributed by atoms with E-state index < -0.39 is 0 Å². The van der Waals surface area contributed by atoms with Gasteiger partial charge >= 0.3 is 0 Å². The zero-order chi connectivity index (χ0) is 13.3. The summed E-state index contributed by atoms with van der Waals surface area (Å²) in [7, 11) is 1.94. The first-order chi connectivity index (χ1) is 9.38. The molecule has 0 amide bonds. The van der Waals surface area contributed by atoms with Crippen molar-refractivity contribution in [2.45, 2.75) is 25.7 Å². The average Bonchev–Trinajstić information content (AvgIpc) is 2.47. The molecule has 19 heavy (non-hydrogen) atoms. The molecule has 2 heterocycles. The van der Waals surface area contributed by atoms with Gasteiger partial charge in [0.05, 0.1) is 0 Å². The van der Waals surface area contributed by atoms with Gasteiger partial charge < -0.3 is 15.4 Å². The second-order valence-corrected chi connectivity index (χ2v) is 4.98. The summed E-state index contributed by atoms with van der Waals surface area (Å²) in [6, 6.07) is 1.94. The number of hydrogen-bond acceptors (Lipinski definition) is 5. The van der Waals surface area contributed by atoms with Gasteiger partial charge in [0.15, 0.2) is 0 Å². The van der Waals surface area contributed by atoms with E-state index >= 15 is 0 Å². The first-order valence-corrected chi connectivity index (χ1v) is 7.16. The number of hydrogen-bond donors (Lipinski definition) is 2. The molecule has 0 saturated carbocycles. The van der Waals surface area contributed by atoms with Gasteiger partial charge in [0, 0.05) is 38.9 Å². The molecule has 0 aliphatic carbocycles. The van der Waals surface area contributed by atoms with E-state index in [2.05, 4.69) is 20.6 Å². The highest BCUT2D eigenvalue weighted by Gasteiger charge is 2.13. The summed E-state index contributed by atoms with van der Waals surface area (Å²) in [5, 5.41) is 6.51. The van der Waals surface area contributed by atoms with Crippen molar-refractivity contribution < 1.29 is 4.74 Å². The van der Waals surface area contributed by atoms with Gasteiger partial charge in [-0.1, -0.05) is 0 Å². The minimum absolute atomic E-state index is 0.798. The molecule has 0 atom stereocenters. The van der Waals surface area contributed by atoms with E-state index in [1.54, 1.807) is 0 Å². The maximum absolute atomic E-state index is 5.37. The Morgan fingerprint density at radius 1 is 1.32 bits per heavy atom. The highest BCUT2D eigenvalue weighted by atomic mass is 16.5. The minimum atomic E-state index is 0.798. The Bertz CT molecular complexity index is 366. The molecule has 2 N–H and O–H groups in total. The van der Waals surface area contributed by atoms with Gasteiger partial charge in [-0.2, -0.15) is 0 Å². The van der Waals surface area contributed by atoms with Crippen LogP contribution in [0.25, 0.3) is 0 Å². The molecule has 1 aliphatic rings. The van der Waals surface area contributed by atoms with E-state index in [1.807, 2.05) is 19.3 Å². The molecule has 0 bridgehead atoms. The summed E-state index contributed by atoms with van der Waals surface area (Å²) >= 11 is 0. The molecule has 5 nitrogen and oxygen atoms in total. The average molecular weight is 264 g/mol. The maximum Gasteiger partial charge on any atom is 0.131 e. The molecule has 0 radical (unpaired) electrons. The lowest BCUT2D eigenvalue weighted by Crippen LogP contribution is -2.19. The smallest absolute Gasteiger partial charge is 0.131 e. The van der Waals surface area contributed by atoms with Gasteiger partial charge in [0.25, 0.3) is 0 Å². The van der Waals surface area contributed by atoms with Crippen LogP contribution in [0.1, 0.15) is 25.1 Å². The second-order valence-electron chi connectivity index (χ2n) is 4.98. The number of anilines is 1. The van der Waals surface area contributed by atoms with Crippen molar-refractivity contribution in [3.63, 3.8) is 0 Å². The van der Waals surface area contributed by atoms with Crippen molar-refractivity contribution in [2.75, 3.05) is 38.7 Å². The first-order valence-electron chi connectivity index (χ1n) is 7.16. The quantitative estimate of drug-likeness (QED) is 0.781. The number of likely N-dealkylation sites (N-methyl/N-ethyl adjacent to an activating group) is 1. The second kappa shape index (κ2) is 8.07. The van der Waals surface area contributed by atoms with Gasteiger partial charge in [0.1, 0.15) is 11.6 Å². The zero-order valence-electron chi connectivity index (χ0n) is 11.7. The van der Waals surface area contributed by atoms with Crippen molar-refractivity contribution in [3.05, 3.63) is 18.1 Å². The Hall–Kier alpha value is -1.20. The lowest BCUT2D eigenvalue weighted by molar-refractivity contribution is 0.0649. The monoisotopic (exact) mass is 264 g/mol. The van der Waals surface area contributed by atoms with Gasteiger partial charge in [-0.25, -0.2) is 9.97 Å². The molecule has 1 aromatic rings. The first kappa shape index (κ1) is 14.2. The normalized spacial score (nSPS) is 16.5. The fraction of sp³-hybridized carbons (Fsp3) is 0.714. The van der Waals surface area contributed by atoms with Crippen LogP contribution in [0.4, 0.5) is 5.82 Å². The highest BCUT2D eigenvalue weighted by molar-refractivity contribution is 5.32. The third-order valence-corrected chi connectivity index (χ3v) is 3.50. The number of aromatic nitrogens is 2. The molecule has 5 heteroatoms. The van der Waals surface area contributed by atoms with Gasteiger partial charge in [0.2, 0.25) is 0 Å². The van der Waals surface area contributed by atoms with Crippen LogP contribution in [0.15, 0.2) is 12.3 Å². The predicted molar refractivity (Wildman–Crippen MR) is 76.3 cm³/mol. The maximum atomic E-state index is 5.37. The molecule has 1 fully saturated rings. The summed E-state index contributed by atoms with van der Waals surface area (Å²) < 4.78 is 5.37. The van der Waals surface area contributed by atoms with Crippen LogP contribution >= 0.6 is 0 Å². The largest absolute Gasteiger partial charge is 0.381 e. The summed E-state index contributed by atoms with van der Waals surface area (Å²) in [6.45, 7) is 3.73. The van der Waals surface area contributed by atoms with Crippen LogP contribution in [0.3, 0.4) is 0 Å². The molecule has 1 saturated heterocycles. The van der Waals surface area contributed by atoms with Crippen LogP contribution in [0, 0.1) is 5.92 Å². The third-order valence-electron chi connectivity index (χ3n) is 3.50. The molecule has 1 aliphatic heterocycles. The lowest BCUT2D eigenvalue weighted by atomic mass is 9.97. The molecule has 0 spiro atoms. The van der Waals surface area contributed by atoms with Crippen molar-refractivity contribution in [2.24, 2.45) is 5.92 Å². The van der Waals surface area contributed by atoms with E-state index in [0.717, 1.165) is 50.3 Å². The highest BCUT2D eigenvalue weighted by Crippen LogP contribution is 2.18. The summed E-state index contributed by atoms with van der Waals surface area (Å²) in [5.41, 5.74) is 0. The van der Waals surface area contributed by atoms with E-state index in [0.29, 0.717) is 0 Å². The molecular formula is C14H24N4O. The van der Waals surface area contributed by atoms with Crippen LogP contribution in [0.2, 0.25) is 0 Å². The fourth-order valence-corrected chi connectivity index (χ4v) is 2.29. The number of ether oxygens (including phenoxy) is 1. The summed E-state index contributed by atoms with van der Waals surface area (Å²) in [4.78, 5) is 8.77. The van der Waals surface area contributed by atoms with Gasteiger partial charge in [-0.05, 0) is 38.3 Å². The van der Waals surface area contributed by atoms with Crippen molar-refractivity contribution in [1.82, 2.24) is 15.3 Å². The third kappa shape index (κ3) is 5.12. The number of nitrogens with one attached hydrogen (secondary N) is 2. The Morgan fingerprint density at radius 2 is 2.16 bits per heavy atom. The van der Waals surface area contributed by atoms with E-state index in [1.165, 1.54) is 19.3 Å². The summed E-state index contributed by atoms with van der Waals surface area (Å²) in [5.74, 6) is 2.63. The predicted octanol–water partition coefficient (Wildman–Crippen LogP) is 1.47. The van der Waals surface area contributed by atoms with Crippen molar-refractivity contribution >= 4 is 5.82 Å². The Morgan fingerprint density at radius 3 is 2.95 bits per heavy atom. The van der Waals surface area contributed by atoms with E-state index in [-0.39, 0.29) is 0 Å². The zero-order valence-corrected chi connectivity index (χ0v) is 11.7. The SMILES string of the molecule is CNCCc1nccc(NCCC2CCOCC2)n1. The molecule has 0 unspecified atom stereocenters. The Kier molecular flexibility index (Phi) is 6.04. The molecule has 0 aromatic carbocycles. The number of nitrogens with zero attached hydrogens (tertiary/aromatic N) is 2. The van der Waals surface area contributed by atoms with E-state index in [4.69, 9.17) is 4.74 Å². The van der Waals surface area contributed by atoms with Gasteiger partial charge in [-0.15, -0.1) is 0 Å². The fourth-order valence-electron chi connectivity index (χ4n) is 2.29. The minimum Gasteiger partial charge on any atom is -0.381 e.